The molecule has 0 radical (unpaired) electrons. The van der Waals surface area contributed by atoms with Crippen LogP contribution in [0.2, 0.25) is 0 Å². The predicted molar refractivity (Wildman–Crippen MR) is 142 cm³/mol. The van der Waals surface area contributed by atoms with Crippen molar-refractivity contribution in [3.63, 3.8) is 0 Å². The summed E-state index contributed by atoms with van der Waals surface area (Å²) < 4.78 is 72.2. The summed E-state index contributed by atoms with van der Waals surface area (Å²) in [5, 5.41) is 11.0. The summed E-state index contributed by atoms with van der Waals surface area (Å²) in [5.74, 6) is -0.862. The minimum Gasteiger partial charge on any atom is -0.369 e. The third kappa shape index (κ3) is 8.42. The molecule has 212 valence electrons. The summed E-state index contributed by atoms with van der Waals surface area (Å²) >= 11 is 0. The van der Waals surface area contributed by atoms with Gasteiger partial charge >= 0.3 is 6.18 Å². The fourth-order valence-electron chi connectivity index (χ4n) is 4.39. The Morgan fingerprint density at radius 1 is 1.03 bits per heavy atom. The molecular formula is C27H33F3N4O4S. The van der Waals surface area contributed by atoms with Gasteiger partial charge in [-0.3, -0.25) is 4.79 Å². The number of carbonyl (C=O) groups is 1. The van der Waals surface area contributed by atoms with E-state index in [0.29, 0.717) is 31.7 Å². The summed E-state index contributed by atoms with van der Waals surface area (Å²) in [5.41, 5.74) is 2.31. The van der Waals surface area contributed by atoms with Crippen LogP contribution < -0.4 is 10.2 Å². The zero-order chi connectivity index (χ0) is 28.8. The van der Waals surface area contributed by atoms with Crippen LogP contribution in [0.3, 0.4) is 0 Å². The van der Waals surface area contributed by atoms with Crippen LogP contribution in [0.5, 0.6) is 0 Å². The number of amides is 1. The molecule has 1 amide bonds. The van der Waals surface area contributed by atoms with Crippen LogP contribution in [0.25, 0.3) is 11.1 Å². The summed E-state index contributed by atoms with van der Waals surface area (Å²) in [4.78, 5) is 14.5. The highest BCUT2D eigenvalue weighted by molar-refractivity contribution is 7.88. The van der Waals surface area contributed by atoms with Gasteiger partial charge in [-0.25, -0.2) is 8.42 Å². The van der Waals surface area contributed by atoms with Crippen molar-refractivity contribution in [2.45, 2.75) is 38.7 Å². The van der Waals surface area contributed by atoms with Crippen molar-refractivity contribution < 1.29 is 31.1 Å². The van der Waals surface area contributed by atoms with E-state index in [1.165, 1.54) is 22.7 Å². The number of piperazine rings is 1. The first-order chi connectivity index (χ1) is 18.3. The van der Waals surface area contributed by atoms with E-state index >= 15 is 0 Å². The standard InChI is InChI=1S/C27H33F3N4O4S/c1-19(2)18-24(26(35)32-13-12-31)38-25(27(28,29)30)22-6-4-20(5-7-22)21-8-10-23(11-9-21)33-14-16-34(17-15-33)39(3,36)37/h4-11,19,24-25H,13-18H2,1-3H3,(H,32,35)/t24?,25-/m1/s1. The lowest BCUT2D eigenvalue weighted by Gasteiger charge is -2.34. The molecule has 1 aliphatic heterocycles. The SMILES string of the molecule is CC(C)CC(O[C@H](c1ccc(-c2ccc(N3CCN(S(C)(=O)=O)CC3)cc2)cc1)C(F)(F)F)C(=O)NCC#N. The summed E-state index contributed by atoms with van der Waals surface area (Å²) in [7, 11) is -3.22. The van der Waals surface area contributed by atoms with E-state index in [0.717, 1.165) is 11.3 Å². The maximum atomic E-state index is 14.0. The molecule has 0 bridgehead atoms. The monoisotopic (exact) mass is 566 g/mol. The number of carbonyl (C=O) groups excluding carboxylic acids is 1. The van der Waals surface area contributed by atoms with E-state index in [1.54, 1.807) is 32.0 Å². The largest absolute Gasteiger partial charge is 0.418 e. The minimum atomic E-state index is -4.75. The lowest BCUT2D eigenvalue weighted by atomic mass is 10.0. The summed E-state index contributed by atoms with van der Waals surface area (Å²) in [6.07, 6.45) is -7.16. The molecule has 8 nitrogen and oxygen atoms in total. The van der Waals surface area contributed by atoms with Gasteiger partial charge in [-0.05, 0) is 41.2 Å². The molecule has 2 atom stereocenters. The number of sulfonamides is 1. The van der Waals surface area contributed by atoms with Crippen molar-refractivity contribution >= 4 is 21.6 Å². The Morgan fingerprint density at radius 3 is 2.03 bits per heavy atom. The topological polar surface area (TPSA) is 103 Å². The third-order valence-electron chi connectivity index (χ3n) is 6.40. The Balaban J connectivity index is 1.74. The van der Waals surface area contributed by atoms with Crippen molar-refractivity contribution in [1.82, 2.24) is 9.62 Å². The third-order valence-corrected chi connectivity index (χ3v) is 7.71. The Labute approximate surface area is 227 Å². The average molecular weight is 567 g/mol. The number of anilines is 1. The van der Waals surface area contributed by atoms with E-state index in [4.69, 9.17) is 10.00 Å². The van der Waals surface area contributed by atoms with E-state index in [9.17, 15) is 26.4 Å². The van der Waals surface area contributed by atoms with E-state index < -0.39 is 34.3 Å². The van der Waals surface area contributed by atoms with E-state index in [2.05, 4.69) is 10.2 Å². The van der Waals surface area contributed by atoms with Gasteiger partial charge in [0.2, 0.25) is 15.9 Å². The highest BCUT2D eigenvalue weighted by Crippen LogP contribution is 2.38. The first-order valence-corrected chi connectivity index (χ1v) is 14.4. The number of benzene rings is 2. The van der Waals surface area contributed by atoms with Crippen LogP contribution in [0, 0.1) is 17.2 Å². The second-order valence-electron chi connectivity index (χ2n) is 9.87. The van der Waals surface area contributed by atoms with E-state index in [-0.39, 0.29) is 24.4 Å². The molecule has 1 unspecified atom stereocenters. The molecule has 1 aliphatic rings. The molecule has 0 spiro atoms. The Bertz CT molecular complexity index is 1250. The predicted octanol–water partition coefficient (Wildman–Crippen LogP) is 4.11. The molecule has 0 aromatic heterocycles. The second kappa shape index (κ2) is 12.8. The van der Waals surface area contributed by atoms with E-state index in [1.807, 2.05) is 24.3 Å². The highest BCUT2D eigenvalue weighted by Gasteiger charge is 2.44. The quantitative estimate of drug-likeness (QED) is 0.435. The van der Waals surface area contributed by atoms with Gasteiger partial charge in [-0.1, -0.05) is 50.2 Å². The number of hydrogen-bond donors (Lipinski definition) is 1. The Morgan fingerprint density at radius 2 is 1.56 bits per heavy atom. The molecule has 3 rings (SSSR count). The first kappa shape index (κ1) is 30.4. The van der Waals surface area contributed by atoms with Crippen LogP contribution in [0.1, 0.15) is 31.9 Å². The van der Waals surface area contributed by atoms with Gasteiger partial charge < -0.3 is 15.0 Å². The van der Waals surface area contributed by atoms with Gasteiger partial charge in [0.05, 0.1) is 12.3 Å². The number of alkyl halides is 3. The molecule has 2 aromatic rings. The number of halogens is 3. The fraction of sp³-hybridized carbons (Fsp3) is 0.481. The van der Waals surface area contributed by atoms with Gasteiger partial charge in [-0.15, -0.1) is 0 Å². The number of nitriles is 1. The number of nitrogens with one attached hydrogen (secondary N) is 1. The van der Waals surface area contributed by atoms with Gasteiger partial charge in [0.1, 0.15) is 12.6 Å². The minimum absolute atomic E-state index is 0.0670. The van der Waals surface area contributed by atoms with Crippen LogP contribution in [-0.4, -0.2) is 69.9 Å². The van der Waals surface area contributed by atoms with Gasteiger partial charge in [0, 0.05) is 31.9 Å². The normalized spacial score (nSPS) is 16.5. The second-order valence-corrected chi connectivity index (χ2v) is 11.9. The van der Waals surface area contributed by atoms with Crippen LogP contribution in [-0.2, 0) is 19.6 Å². The zero-order valence-electron chi connectivity index (χ0n) is 22.1. The van der Waals surface area contributed by atoms with Crippen molar-refractivity contribution in [2.24, 2.45) is 5.92 Å². The van der Waals surface area contributed by atoms with Gasteiger partial charge in [0.25, 0.3) is 0 Å². The molecular weight excluding hydrogens is 533 g/mol. The van der Waals surface area contributed by atoms with Crippen LogP contribution >= 0.6 is 0 Å². The van der Waals surface area contributed by atoms with Crippen molar-refractivity contribution in [1.29, 1.82) is 5.26 Å². The molecule has 2 aromatic carbocycles. The molecule has 39 heavy (non-hydrogen) atoms. The molecule has 12 heteroatoms. The fourth-order valence-corrected chi connectivity index (χ4v) is 5.22. The molecule has 1 heterocycles. The van der Waals surface area contributed by atoms with Crippen molar-refractivity contribution in [3.05, 3.63) is 54.1 Å². The first-order valence-electron chi connectivity index (χ1n) is 12.6. The zero-order valence-corrected chi connectivity index (χ0v) is 22.9. The lowest BCUT2D eigenvalue weighted by molar-refractivity contribution is -0.236. The molecule has 1 fully saturated rings. The van der Waals surface area contributed by atoms with Crippen molar-refractivity contribution in [3.8, 4) is 17.2 Å². The smallest absolute Gasteiger partial charge is 0.369 e. The summed E-state index contributed by atoms with van der Waals surface area (Å²) in [6, 6.07) is 15.1. The van der Waals surface area contributed by atoms with Gasteiger partial charge in [0.15, 0.2) is 6.10 Å². The van der Waals surface area contributed by atoms with Crippen molar-refractivity contribution in [2.75, 3.05) is 43.9 Å². The highest BCUT2D eigenvalue weighted by atomic mass is 32.2. The van der Waals surface area contributed by atoms with Gasteiger partial charge in [-0.2, -0.15) is 22.7 Å². The number of nitrogens with zero attached hydrogens (tertiary/aromatic N) is 3. The number of rotatable bonds is 10. The number of ether oxygens (including phenoxy) is 1. The molecule has 0 aliphatic carbocycles. The molecule has 1 N–H and O–H groups in total. The summed E-state index contributed by atoms with van der Waals surface area (Å²) in [6.45, 7) is 5.15. The lowest BCUT2D eigenvalue weighted by Crippen LogP contribution is -2.48. The Kier molecular flexibility index (Phi) is 9.98. The average Bonchev–Trinajstić information content (AvgIpc) is 2.88. The maximum absolute atomic E-state index is 14.0. The molecule has 1 saturated heterocycles. The Hall–Kier alpha value is -3.14. The van der Waals surface area contributed by atoms with Crippen LogP contribution in [0.15, 0.2) is 48.5 Å². The molecule has 0 saturated carbocycles. The van der Waals surface area contributed by atoms with Crippen LogP contribution in [0.4, 0.5) is 18.9 Å². The maximum Gasteiger partial charge on any atom is 0.418 e. The number of hydrogen-bond acceptors (Lipinski definition) is 6.